The summed E-state index contributed by atoms with van der Waals surface area (Å²) < 4.78 is 0. The molecule has 1 N–H and O–H groups in total. The van der Waals surface area contributed by atoms with E-state index in [4.69, 9.17) is 11.6 Å². The van der Waals surface area contributed by atoms with Crippen LogP contribution in [0.1, 0.15) is 32.6 Å². The average Bonchev–Trinajstić information content (AvgIpc) is 3.13. The van der Waals surface area contributed by atoms with E-state index in [-0.39, 0.29) is 5.91 Å². The van der Waals surface area contributed by atoms with Gasteiger partial charge in [-0.3, -0.25) is 4.79 Å². The summed E-state index contributed by atoms with van der Waals surface area (Å²) >= 11 is 6.05. The molecule has 2 aliphatic rings. The first-order valence-electron chi connectivity index (χ1n) is 8.20. The smallest absolute Gasteiger partial charge is 0.252 e. The second-order valence-corrected chi connectivity index (χ2v) is 6.85. The van der Waals surface area contributed by atoms with E-state index in [2.05, 4.69) is 23.5 Å². The normalized spacial score (nSPS) is 20.2. The summed E-state index contributed by atoms with van der Waals surface area (Å²) in [5.74, 6) is -0.0287. The van der Waals surface area contributed by atoms with Gasteiger partial charge in [0.05, 0.1) is 0 Å². The Kier molecular flexibility index (Phi) is 2.94. The van der Waals surface area contributed by atoms with Gasteiger partial charge in [-0.1, -0.05) is 66.2 Å². The van der Waals surface area contributed by atoms with Gasteiger partial charge in [0.2, 0.25) is 0 Å². The van der Waals surface area contributed by atoms with Gasteiger partial charge in [0, 0.05) is 10.6 Å². The Labute approximate surface area is 150 Å². The third kappa shape index (κ3) is 1.95. The molecule has 5 rings (SSSR count). The Morgan fingerprint density at radius 3 is 2.08 bits per heavy atom. The lowest BCUT2D eigenvalue weighted by Crippen LogP contribution is -2.37. The van der Waals surface area contributed by atoms with E-state index in [9.17, 15) is 4.79 Å². The van der Waals surface area contributed by atoms with Crippen LogP contribution in [0.5, 0.6) is 0 Å². The fourth-order valence-corrected chi connectivity index (χ4v) is 4.09. The number of benzene rings is 3. The van der Waals surface area contributed by atoms with Crippen LogP contribution >= 0.6 is 11.6 Å². The number of fused-ring (bicyclic) bond motifs is 4. The predicted octanol–water partition coefficient (Wildman–Crippen LogP) is 4.77. The van der Waals surface area contributed by atoms with Crippen molar-refractivity contribution in [2.75, 3.05) is 0 Å². The van der Waals surface area contributed by atoms with Crippen LogP contribution in [-0.4, -0.2) is 5.91 Å². The van der Waals surface area contributed by atoms with Gasteiger partial charge in [-0.15, -0.1) is 0 Å². The summed E-state index contributed by atoms with van der Waals surface area (Å²) in [5.41, 5.74) is 5.61. The molecule has 1 aliphatic carbocycles. The number of nitrogens with one attached hydrogen (secondary N) is 1. The van der Waals surface area contributed by atoms with Gasteiger partial charge in [-0.25, -0.2) is 0 Å². The molecular formula is C22H14ClNO. The summed E-state index contributed by atoms with van der Waals surface area (Å²) in [5, 5.41) is 3.93. The van der Waals surface area contributed by atoms with Crippen molar-refractivity contribution in [2.24, 2.45) is 0 Å². The van der Waals surface area contributed by atoms with Crippen LogP contribution in [0.2, 0.25) is 5.02 Å². The number of rotatable bonds is 1. The van der Waals surface area contributed by atoms with Gasteiger partial charge in [0.1, 0.15) is 5.54 Å². The van der Waals surface area contributed by atoms with Gasteiger partial charge in [-0.05, 0) is 52.1 Å². The number of carbonyl (C=O) groups excluding carboxylic acids is 1. The number of hydrogen-bond donors (Lipinski definition) is 1. The van der Waals surface area contributed by atoms with Gasteiger partial charge in [0.15, 0.2) is 0 Å². The molecule has 120 valence electrons. The van der Waals surface area contributed by atoms with Crippen molar-refractivity contribution in [1.82, 2.24) is 5.32 Å². The number of carbonyl (C=O) groups is 1. The third-order valence-electron chi connectivity index (χ3n) is 5.07. The molecule has 0 radical (unpaired) electrons. The summed E-state index contributed by atoms with van der Waals surface area (Å²) in [6, 6.07) is 23.9. The topological polar surface area (TPSA) is 29.1 Å². The Morgan fingerprint density at radius 1 is 0.760 bits per heavy atom. The van der Waals surface area contributed by atoms with Gasteiger partial charge in [-0.2, -0.15) is 0 Å². The Bertz CT molecular complexity index is 1050. The highest BCUT2D eigenvalue weighted by Gasteiger charge is 2.47. The van der Waals surface area contributed by atoms with Crippen LogP contribution in [0.4, 0.5) is 0 Å². The molecule has 1 heterocycles. The zero-order valence-corrected chi connectivity index (χ0v) is 14.0. The number of hydrogen-bond acceptors (Lipinski definition) is 1. The average molecular weight is 344 g/mol. The minimum Gasteiger partial charge on any atom is -0.335 e. The second-order valence-electron chi connectivity index (χ2n) is 6.42. The molecule has 25 heavy (non-hydrogen) atoms. The molecular weight excluding hydrogens is 330 g/mol. The summed E-state index contributed by atoms with van der Waals surface area (Å²) in [4.78, 5) is 12.6. The predicted molar refractivity (Wildman–Crippen MR) is 99.7 cm³/mol. The van der Waals surface area contributed by atoms with E-state index < -0.39 is 5.54 Å². The minimum absolute atomic E-state index is 0.0287. The van der Waals surface area contributed by atoms with Crippen molar-refractivity contribution >= 4 is 23.1 Å². The molecule has 3 heteroatoms. The lowest BCUT2D eigenvalue weighted by molar-refractivity contribution is 0.0950. The van der Waals surface area contributed by atoms with Crippen molar-refractivity contribution in [3.8, 4) is 0 Å². The molecule has 1 amide bonds. The van der Waals surface area contributed by atoms with Crippen molar-refractivity contribution < 1.29 is 4.79 Å². The van der Waals surface area contributed by atoms with Crippen LogP contribution < -0.4 is 5.32 Å². The van der Waals surface area contributed by atoms with E-state index in [1.165, 1.54) is 0 Å². The molecule has 1 atom stereocenters. The minimum atomic E-state index is -0.598. The molecule has 2 nitrogen and oxygen atoms in total. The van der Waals surface area contributed by atoms with Crippen LogP contribution in [-0.2, 0) is 5.54 Å². The molecule has 0 saturated carbocycles. The van der Waals surface area contributed by atoms with Gasteiger partial charge in [0.25, 0.3) is 5.91 Å². The van der Waals surface area contributed by atoms with Crippen molar-refractivity contribution in [3.63, 3.8) is 0 Å². The van der Waals surface area contributed by atoms with E-state index >= 15 is 0 Å². The first kappa shape index (κ1) is 14.5. The summed E-state index contributed by atoms with van der Waals surface area (Å²) in [7, 11) is 0. The van der Waals surface area contributed by atoms with Crippen LogP contribution in [0.3, 0.4) is 0 Å². The molecule has 1 unspecified atom stereocenters. The Balaban J connectivity index is 1.80. The highest BCUT2D eigenvalue weighted by atomic mass is 35.5. The number of halogens is 1. The van der Waals surface area contributed by atoms with E-state index in [0.29, 0.717) is 5.02 Å². The fraction of sp³-hybridized carbons (Fsp3) is 0.0455. The van der Waals surface area contributed by atoms with E-state index in [1.807, 2.05) is 60.7 Å². The quantitative estimate of drug-likeness (QED) is 0.677. The molecule has 0 aromatic heterocycles. The van der Waals surface area contributed by atoms with Crippen molar-refractivity contribution in [1.29, 1.82) is 0 Å². The lowest BCUT2D eigenvalue weighted by atomic mass is 9.85. The molecule has 1 spiro atoms. The Morgan fingerprint density at radius 2 is 1.36 bits per heavy atom. The lowest BCUT2D eigenvalue weighted by Gasteiger charge is -2.25. The maximum absolute atomic E-state index is 12.6. The van der Waals surface area contributed by atoms with E-state index in [0.717, 1.165) is 33.4 Å². The zero-order chi connectivity index (χ0) is 17.0. The van der Waals surface area contributed by atoms with E-state index in [1.54, 1.807) is 0 Å². The van der Waals surface area contributed by atoms with Crippen LogP contribution in [0, 0.1) is 0 Å². The SMILES string of the molecule is O=C1NC2(C=C(c3ccc(Cl)cc3)c3ccccc32)c2ccccc21. The second kappa shape index (κ2) is 5.08. The third-order valence-corrected chi connectivity index (χ3v) is 5.32. The summed E-state index contributed by atoms with van der Waals surface area (Å²) in [6.07, 6.45) is 2.17. The number of amides is 1. The van der Waals surface area contributed by atoms with Gasteiger partial charge < -0.3 is 5.32 Å². The Hall–Kier alpha value is -2.84. The van der Waals surface area contributed by atoms with Crippen LogP contribution in [0.15, 0.2) is 78.9 Å². The molecule has 3 aromatic rings. The monoisotopic (exact) mass is 343 g/mol. The standard InChI is InChI=1S/C22H14ClNO/c23-15-11-9-14(10-12-15)18-13-22(19-7-3-1-5-16(18)19)20-8-4-2-6-17(20)21(25)24-22/h1-13H,(H,24,25). The molecule has 3 aromatic carbocycles. The molecule has 0 saturated heterocycles. The zero-order valence-electron chi connectivity index (χ0n) is 13.3. The van der Waals surface area contributed by atoms with Crippen LogP contribution in [0.25, 0.3) is 5.57 Å². The fourth-order valence-electron chi connectivity index (χ4n) is 3.97. The maximum atomic E-state index is 12.6. The summed E-state index contributed by atoms with van der Waals surface area (Å²) in [6.45, 7) is 0. The molecule has 0 bridgehead atoms. The highest BCUT2D eigenvalue weighted by molar-refractivity contribution is 6.30. The van der Waals surface area contributed by atoms with Crippen molar-refractivity contribution in [2.45, 2.75) is 5.54 Å². The highest BCUT2D eigenvalue weighted by Crippen LogP contribution is 2.48. The molecule has 0 fully saturated rings. The first-order valence-corrected chi connectivity index (χ1v) is 8.57. The first-order chi connectivity index (χ1) is 12.2. The largest absolute Gasteiger partial charge is 0.335 e. The maximum Gasteiger partial charge on any atom is 0.252 e. The molecule has 1 aliphatic heterocycles. The van der Waals surface area contributed by atoms with Gasteiger partial charge >= 0.3 is 0 Å². The van der Waals surface area contributed by atoms with Crippen molar-refractivity contribution in [3.05, 3.63) is 112 Å².